The number of rotatable bonds is 8. The van der Waals surface area contributed by atoms with Crippen LogP contribution in [0.2, 0.25) is 0 Å². The minimum Gasteiger partial charge on any atom is -0.480 e. The van der Waals surface area contributed by atoms with Crippen LogP contribution < -0.4 is 0 Å². The minimum atomic E-state index is -4.40. The topological polar surface area (TPSA) is 66.8 Å². The number of ether oxygens (including phenoxy) is 1. The molecule has 3 rings (SSSR count). The van der Waals surface area contributed by atoms with Gasteiger partial charge in [0.2, 0.25) is 0 Å². The Bertz CT molecular complexity index is 975. The summed E-state index contributed by atoms with van der Waals surface area (Å²) in [5, 5.41) is 9.84. The number of carboxylic acid groups (broad SMARTS) is 1. The SMILES string of the molecule is CC(C)N(C(=O)OCC1c2ccccc2-c2ccccc21)C(C)(CCCC(F)(F)F)C(=O)O. The molecule has 1 amide bonds. The number of hydrogen-bond acceptors (Lipinski definition) is 3. The fourth-order valence-corrected chi connectivity index (χ4v) is 4.61. The third kappa shape index (κ3) is 5.15. The average molecular weight is 463 g/mol. The van der Waals surface area contributed by atoms with Gasteiger partial charge < -0.3 is 9.84 Å². The molecular weight excluding hydrogens is 435 g/mol. The van der Waals surface area contributed by atoms with Crippen LogP contribution in [0.15, 0.2) is 48.5 Å². The number of fused-ring (bicyclic) bond motifs is 3. The molecular formula is C25H28F3NO4. The summed E-state index contributed by atoms with van der Waals surface area (Å²) in [6.45, 7) is 4.50. The fraction of sp³-hybridized carbons (Fsp3) is 0.440. The van der Waals surface area contributed by atoms with Gasteiger partial charge in [0, 0.05) is 18.4 Å². The van der Waals surface area contributed by atoms with Gasteiger partial charge >= 0.3 is 18.2 Å². The van der Waals surface area contributed by atoms with Gasteiger partial charge in [0.25, 0.3) is 0 Å². The molecule has 2 aromatic rings. The molecule has 1 aliphatic rings. The van der Waals surface area contributed by atoms with Crippen molar-refractivity contribution >= 4 is 12.1 Å². The second-order valence-electron chi connectivity index (χ2n) is 8.82. The van der Waals surface area contributed by atoms with Crippen LogP contribution in [0.3, 0.4) is 0 Å². The Morgan fingerprint density at radius 3 is 1.97 bits per heavy atom. The van der Waals surface area contributed by atoms with Gasteiger partial charge in [0.05, 0.1) is 0 Å². The summed E-state index contributed by atoms with van der Waals surface area (Å²) in [4.78, 5) is 26.2. The van der Waals surface area contributed by atoms with Crippen LogP contribution in [-0.2, 0) is 9.53 Å². The summed E-state index contributed by atoms with van der Waals surface area (Å²) in [6.07, 6.45) is -7.13. The summed E-state index contributed by atoms with van der Waals surface area (Å²) in [5.41, 5.74) is 2.29. The van der Waals surface area contributed by atoms with E-state index in [4.69, 9.17) is 4.74 Å². The van der Waals surface area contributed by atoms with E-state index in [0.717, 1.165) is 27.2 Å². The first kappa shape index (κ1) is 24.6. The number of alkyl halides is 3. The molecule has 0 aliphatic heterocycles. The molecule has 8 heteroatoms. The fourth-order valence-electron chi connectivity index (χ4n) is 4.61. The zero-order valence-electron chi connectivity index (χ0n) is 18.9. The van der Waals surface area contributed by atoms with Crippen molar-refractivity contribution in [2.75, 3.05) is 6.61 Å². The van der Waals surface area contributed by atoms with Crippen molar-refractivity contribution in [2.24, 2.45) is 0 Å². The van der Waals surface area contributed by atoms with Crippen molar-refractivity contribution in [1.29, 1.82) is 0 Å². The molecule has 0 aromatic heterocycles. The maximum atomic E-state index is 13.1. The van der Waals surface area contributed by atoms with Gasteiger partial charge in [-0.15, -0.1) is 0 Å². The predicted octanol–water partition coefficient (Wildman–Crippen LogP) is 6.22. The van der Waals surface area contributed by atoms with E-state index in [9.17, 15) is 27.9 Å². The Morgan fingerprint density at radius 2 is 1.52 bits per heavy atom. The number of carbonyl (C=O) groups is 2. The lowest BCUT2D eigenvalue weighted by Crippen LogP contribution is -2.58. The van der Waals surface area contributed by atoms with Crippen LogP contribution >= 0.6 is 0 Å². The lowest BCUT2D eigenvalue weighted by atomic mass is 9.91. The van der Waals surface area contributed by atoms with Crippen LogP contribution in [0.25, 0.3) is 11.1 Å². The smallest absolute Gasteiger partial charge is 0.410 e. The highest BCUT2D eigenvalue weighted by Crippen LogP contribution is 2.44. The molecule has 5 nitrogen and oxygen atoms in total. The first-order valence-corrected chi connectivity index (χ1v) is 10.9. The first-order chi connectivity index (χ1) is 15.5. The number of halogens is 3. The van der Waals surface area contributed by atoms with E-state index >= 15 is 0 Å². The molecule has 0 spiro atoms. The number of aliphatic carboxylic acids is 1. The van der Waals surface area contributed by atoms with Crippen molar-refractivity contribution in [3.05, 3.63) is 59.7 Å². The Balaban J connectivity index is 1.80. The van der Waals surface area contributed by atoms with Gasteiger partial charge in [-0.2, -0.15) is 13.2 Å². The number of hydrogen-bond donors (Lipinski definition) is 1. The van der Waals surface area contributed by atoms with E-state index in [1.807, 2.05) is 48.5 Å². The van der Waals surface area contributed by atoms with Crippen LogP contribution in [0.4, 0.5) is 18.0 Å². The number of nitrogens with zero attached hydrogens (tertiary/aromatic N) is 1. The van der Waals surface area contributed by atoms with Gasteiger partial charge in [0.1, 0.15) is 12.1 Å². The third-order valence-corrected chi connectivity index (χ3v) is 6.17. The van der Waals surface area contributed by atoms with E-state index in [2.05, 4.69) is 0 Å². The van der Waals surface area contributed by atoms with E-state index in [-0.39, 0.29) is 18.9 Å². The van der Waals surface area contributed by atoms with Crippen molar-refractivity contribution in [2.45, 2.75) is 63.7 Å². The van der Waals surface area contributed by atoms with Crippen molar-refractivity contribution in [1.82, 2.24) is 4.90 Å². The highest BCUT2D eigenvalue weighted by molar-refractivity contribution is 5.84. The Hall–Kier alpha value is -3.03. The van der Waals surface area contributed by atoms with Crippen LogP contribution in [-0.4, -0.2) is 46.4 Å². The monoisotopic (exact) mass is 463 g/mol. The number of amides is 1. The molecule has 33 heavy (non-hydrogen) atoms. The number of carboxylic acids is 1. The van der Waals surface area contributed by atoms with E-state index in [1.165, 1.54) is 6.92 Å². The molecule has 0 fully saturated rings. The second kappa shape index (κ2) is 9.45. The molecule has 2 aromatic carbocycles. The maximum absolute atomic E-state index is 13.1. The van der Waals surface area contributed by atoms with Crippen LogP contribution in [0, 0.1) is 0 Å². The molecule has 0 saturated carbocycles. The van der Waals surface area contributed by atoms with Gasteiger partial charge in [-0.05, 0) is 55.9 Å². The standard InChI is InChI=1S/C25H28F3NO4/c1-16(2)29(24(3,22(30)31)13-8-14-25(26,27)28)23(32)33-15-21-19-11-6-4-9-17(19)18-10-5-7-12-20(18)21/h4-7,9-12,16,21H,8,13-15H2,1-3H3,(H,30,31). The Kier molecular flexibility index (Phi) is 7.05. The quantitative estimate of drug-likeness (QED) is 0.505. The van der Waals surface area contributed by atoms with Gasteiger partial charge in [-0.25, -0.2) is 9.59 Å². The number of benzene rings is 2. The average Bonchev–Trinajstić information content (AvgIpc) is 3.05. The van der Waals surface area contributed by atoms with Crippen LogP contribution in [0.1, 0.15) is 57.1 Å². The second-order valence-corrected chi connectivity index (χ2v) is 8.82. The maximum Gasteiger partial charge on any atom is 0.410 e. The summed E-state index contributed by atoms with van der Waals surface area (Å²) in [7, 11) is 0. The van der Waals surface area contributed by atoms with E-state index < -0.39 is 42.7 Å². The summed E-state index contributed by atoms with van der Waals surface area (Å²) < 4.78 is 43.5. The van der Waals surface area contributed by atoms with Crippen molar-refractivity contribution < 1.29 is 32.6 Å². The normalized spacial score (nSPS) is 15.0. The van der Waals surface area contributed by atoms with Crippen LogP contribution in [0.5, 0.6) is 0 Å². The lowest BCUT2D eigenvalue weighted by molar-refractivity contribution is -0.154. The molecule has 0 radical (unpaired) electrons. The highest BCUT2D eigenvalue weighted by Gasteiger charge is 2.45. The minimum absolute atomic E-state index is 0.00562. The lowest BCUT2D eigenvalue weighted by Gasteiger charge is -2.40. The molecule has 178 valence electrons. The Morgan fingerprint density at radius 1 is 1.00 bits per heavy atom. The van der Waals surface area contributed by atoms with Crippen molar-refractivity contribution in [3.63, 3.8) is 0 Å². The molecule has 1 aliphatic carbocycles. The Labute approximate surface area is 191 Å². The summed E-state index contributed by atoms with van der Waals surface area (Å²) in [5.74, 6) is -1.58. The number of carbonyl (C=O) groups excluding carboxylic acids is 1. The molecule has 0 bridgehead atoms. The largest absolute Gasteiger partial charge is 0.480 e. The molecule has 1 atom stereocenters. The van der Waals surface area contributed by atoms with E-state index in [0.29, 0.717) is 0 Å². The molecule has 1 unspecified atom stereocenters. The zero-order valence-corrected chi connectivity index (χ0v) is 18.9. The van der Waals surface area contributed by atoms with Crippen molar-refractivity contribution in [3.8, 4) is 11.1 Å². The zero-order chi connectivity index (χ0) is 24.4. The predicted molar refractivity (Wildman–Crippen MR) is 118 cm³/mol. The van der Waals surface area contributed by atoms with Gasteiger partial charge in [0.15, 0.2) is 0 Å². The molecule has 0 saturated heterocycles. The van der Waals surface area contributed by atoms with Gasteiger partial charge in [-0.1, -0.05) is 48.5 Å². The molecule has 1 N–H and O–H groups in total. The summed E-state index contributed by atoms with van der Waals surface area (Å²) in [6, 6.07) is 15.0. The molecule has 0 heterocycles. The third-order valence-electron chi connectivity index (χ3n) is 6.17. The first-order valence-electron chi connectivity index (χ1n) is 10.9. The van der Waals surface area contributed by atoms with Gasteiger partial charge in [-0.3, -0.25) is 4.90 Å². The summed E-state index contributed by atoms with van der Waals surface area (Å²) >= 11 is 0. The van der Waals surface area contributed by atoms with E-state index in [1.54, 1.807) is 13.8 Å². The highest BCUT2D eigenvalue weighted by atomic mass is 19.4.